The first-order valence-corrected chi connectivity index (χ1v) is 33.1. The molecule has 518 valence electrons. The largest absolute Gasteiger partial charge is 0.444 e. The van der Waals surface area contributed by atoms with Crippen molar-refractivity contribution in [1.29, 1.82) is 0 Å². The normalized spacial score (nSPS) is 21.7. The number of hydrogen-bond acceptors (Lipinski definition) is 14. The second kappa shape index (κ2) is 35.9. The van der Waals surface area contributed by atoms with Gasteiger partial charge in [-0.15, -0.1) is 24.8 Å². The van der Waals surface area contributed by atoms with Crippen LogP contribution in [0.25, 0.3) is 0 Å². The zero-order valence-electron chi connectivity index (χ0n) is 55.7. The van der Waals surface area contributed by atoms with Gasteiger partial charge in [-0.2, -0.15) is 15.3 Å². The number of halogens is 6. The molecule has 0 unspecified atom stereocenters. The van der Waals surface area contributed by atoms with Crippen molar-refractivity contribution in [2.24, 2.45) is 26.2 Å². The van der Waals surface area contributed by atoms with E-state index in [-0.39, 0.29) is 73.5 Å². The van der Waals surface area contributed by atoms with Gasteiger partial charge in [0.25, 0.3) is 0 Å². The van der Waals surface area contributed by atoms with Crippen LogP contribution in [0.5, 0.6) is 0 Å². The second-order valence-electron chi connectivity index (χ2n) is 25.8. The quantitative estimate of drug-likeness (QED) is 0.110. The molecule has 5 aliphatic rings. The zero-order valence-corrected chi connectivity index (χ0v) is 60.4. The fourth-order valence-corrected chi connectivity index (χ4v) is 11.7. The Morgan fingerprint density at radius 2 is 0.927 bits per heavy atom. The summed E-state index contributed by atoms with van der Waals surface area (Å²) in [5.41, 5.74) is 7.41. The fourth-order valence-electron chi connectivity index (χ4n) is 11.2. The first kappa shape index (κ1) is 77.0. The lowest BCUT2D eigenvalue weighted by atomic mass is 10.0. The van der Waals surface area contributed by atoms with Gasteiger partial charge >= 0.3 is 12.2 Å². The molecule has 3 aromatic heterocycles. The molecule has 26 heteroatoms. The summed E-state index contributed by atoms with van der Waals surface area (Å²) in [6.07, 6.45) is 11.4. The molecule has 0 saturated carbocycles. The Kier molecular flexibility index (Phi) is 28.8. The number of morpholine rings is 4. The maximum atomic E-state index is 12.9. The number of hydrogen-bond donors (Lipinski definition) is 2. The molecule has 4 saturated heterocycles. The fraction of sp³-hybridized carbons (Fsp3) is 0.443. The third kappa shape index (κ3) is 23.4. The minimum atomic E-state index is -0.555. The van der Waals surface area contributed by atoms with Gasteiger partial charge in [0.15, 0.2) is 6.72 Å². The molecule has 0 spiro atoms. The monoisotopic (exact) mass is 1440 g/mol. The Bertz CT molecular complexity index is 3630. The maximum Gasteiger partial charge on any atom is 0.410 e. The second-order valence-corrected chi connectivity index (χ2v) is 27.6. The standard InChI is InChI=1S/2C20H26ClN3O3.C15H17ClN3O.C15H18ClN3O.2ClH/c1-20(2,3)27-19(25)24-12-18(17-9-10-23(4)22-17)26-13-16(24)11-14-5-7-15(21)8-6-14;1-20(2,3)27-19(25)24-12-18(17-9-10-22-23(17)4)26-13-16(24)11-14-5-7-15(21)8-6-14;1-19-7-6-14(18-19)15-9-17-13(10-20-15)8-11-2-4-12(16)5-3-11;1-19-14(6-7-18-19)15-9-17-13(10-20-15)8-11-2-4-12(16)5-3-11;;/h2*5-10,16,18H,11-13H2,1-4H3;2-7,13,15,17H,1,8-10H2;2-7,13,15,17H,8-10H2,1H3;2*1H/q;;+1;;;/t2*16-,18+;2*13-,15+;;/m0000../s1. The average Bonchev–Trinajstić information content (AvgIpc) is 1.13. The topological polar surface area (TPSA) is 189 Å². The molecule has 8 atom stereocenters. The number of nitrogens with one attached hydrogen (secondary N) is 2. The summed E-state index contributed by atoms with van der Waals surface area (Å²) in [5, 5.41) is 27.1. The summed E-state index contributed by atoms with van der Waals surface area (Å²) in [6, 6.07) is 37.6. The zero-order chi connectivity index (χ0) is 67.1. The summed E-state index contributed by atoms with van der Waals surface area (Å²) in [7, 11) is 5.68. The lowest BCUT2D eigenvalue weighted by Gasteiger charge is -2.40. The van der Waals surface area contributed by atoms with Crippen molar-refractivity contribution in [3.05, 3.63) is 206 Å². The number of aromatic nitrogens is 6. The highest BCUT2D eigenvalue weighted by Crippen LogP contribution is 2.31. The number of hydrazone groups is 1. The summed E-state index contributed by atoms with van der Waals surface area (Å²) in [5.74, 6) is 0. The van der Waals surface area contributed by atoms with Gasteiger partial charge in [0, 0.05) is 96.2 Å². The van der Waals surface area contributed by atoms with E-state index in [0.717, 1.165) is 69.9 Å². The third-order valence-electron chi connectivity index (χ3n) is 16.0. The Labute approximate surface area is 596 Å². The smallest absolute Gasteiger partial charge is 0.410 e. The minimum absolute atomic E-state index is 0. The molecule has 4 fully saturated rings. The molecule has 5 aliphatic heterocycles. The van der Waals surface area contributed by atoms with Crippen LogP contribution in [0.15, 0.2) is 151 Å². The van der Waals surface area contributed by atoms with E-state index in [1.54, 1.807) is 36.2 Å². The van der Waals surface area contributed by atoms with Gasteiger partial charge in [0.05, 0.1) is 68.7 Å². The molecule has 2 N–H and O–H groups in total. The van der Waals surface area contributed by atoms with E-state index in [1.807, 2.05) is 177 Å². The van der Waals surface area contributed by atoms with Crippen molar-refractivity contribution < 1.29 is 42.7 Å². The number of aryl methyl sites for hydroxylation is 3. The Morgan fingerprint density at radius 1 is 0.542 bits per heavy atom. The number of ether oxygens (including phenoxy) is 6. The van der Waals surface area contributed by atoms with Crippen molar-refractivity contribution in [1.82, 2.24) is 49.8 Å². The van der Waals surface area contributed by atoms with Crippen LogP contribution in [0.2, 0.25) is 20.1 Å². The van der Waals surface area contributed by atoms with Gasteiger partial charge in [-0.05, 0) is 156 Å². The molecule has 8 heterocycles. The number of benzene rings is 4. The van der Waals surface area contributed by atoms with Crippen molar-refractivity contribution in [2.45, 2.75) is 127 Å². The summed E-state index contributed by atoms with van der Waals surface area (Å²) in [6.45, 7) is 19.6. The Morgan fingerprint density at radius 3 is 1.28 bits per heavy atom. The summed E-state index contributed by atoms with van der Waals surface area (Å²) < 4.78 is 42.2. The van der Waals surface area contributed by atoms with Crippen LogP contribution in [0.1, 0.15) is 99.2 Å². The average molecular weight is 1440 g/mol. The number of carbonyl (C=O) groups is 2. The molecular formula is C70H89Cl6N12O8+. The van der Waals surface area contributed by atoms with Gasteiger partial charge in [-0.25, -0.2) is 9.59 Å². The molecule has 20 nitrogen and oxygen atoms in total. The van der Waals surface area contributed by atoms with E-state index < -0.39 is 11.2 Å². The van der Waals surface area contributed by atoms with E-state index in [2.05, 4.69) is 62.0 Å². The first-order chi connectivity index (χ1) is 44.9. The van der Waals surface area contributed by atoms with Crippen molar-refractivity contribution in [3.8, 4) is 0 Å². The molecule has 12 rings (SSSR count). The van der Waals surface area contributed by atoms with Crippen LogP contribution in [0.4, 0.5) is 9.59 Å². The van der Waals surface area contributed by atoms with Crippen LogP contribution in [-0.4, -0.2) is 163 Å². The van der Waals surface area contributed by atoms with Gasteiger partial charge in [-0.3, -0.25) is 23.8 Å². The maximum absolute atomic E-state index is 12.9. The Balaban J connectivity index is 0.000000181. The third-order valence-corrected chi connectivity index (χ3v) is 17.0. The van der Waals surface area contributed by atoms with E-state index >= 15 is 0 Å². The number of amides is 2. The predicted molar refractivity (Wildman–Crippen MR) is 382 cm³/mol. The van der Waals surface area contributed by atoms with Crippen LogP contribution >= 0.6 is 71.2 Å². The lowest BCUT2D eigenvalue weighted by molar-refractivity contribution is -0.448. The minimum Gasteiger partial charge on any atom is -0.444 e. The number of nitrogens with zero attached hydrogens (tertiary/aromatic N) is 10. The predicted octanol–water partition coefficient (Wildman–Crippen LogP) is 13.0. The van der Waals surface area contributed by atoms with Gasteiger partial charge in [-0.1, -0.05) is 99.6 Å². The Hall–Kier alpha value is -6.37. The molecule has 2 amide bonds. The highest BCUT2D eigenvalue weighted by atomic mass is 35.5. The highest BCUT2D eigenvalue weighted by Gasteiger charge is 2.39. The van der Waals surface area contributed by atoms with Gasteiger partial charge < -0.3 is 39.1 Å². The first-order valence-electron chi connectivity index (χ1n) is 31.6. The van der Waals surface area contributed by atoms with Gasteiger partial charge in [0.2, 0.25) is 6.20 Å². The van der Waals surface area contributed by atoms with E-state index in [9.17, 15) is 9.59 Å². The lowest BCUT2D eigenvalue weighted by Crippen LogP contribution is -2.52. The summed E-state index contributed by atoms with van der Waals surface area (Å²) >= 11 is 23.7. The number of carbonyl (C=O) groups excluding carboxylic acids is 2. The highest BCUT2D eigenvalue weighted by molar-refractivity contribution is 6.31. The van der Waals surface area contributed by atoms with E-state index in [1.165, 1.54) is 11.1 Å². The molecule has 4 aromatic carbocycles. The molecule has 0 aliphatic carbocycles. The molecule has 7 aromatic rings. The van der Waals surface area contributed by atoms with Crippen LogP contribution in [0, 0.1) is 0 Å². The van der Waals surface area contributed by atoms with Crippen molar-refractivity contribution >= 4 is 95.8 Å². The van der Waals surface area contributed by atoms with E-state index in [0.29, 0.717) is 74.5 Å². The molecule has 96 heavy (non-hydrogen) atoms. The van der Waals surface area contributed by atoms with Crippen LogP contribution in [0.3, 0.4) is 0 Å². The van der Waals surface area contributed by atoms with E-state index in [4.69, 9.17) is 74.8 Å². The van der Waals surface area contributed by atoms with Crippen molar-refractivity contribution in [2.75, 3.05) is 52.6 Å². The SMILES string of the molecule is C=[N+]1C=CC([C@H]2CN[C@@H](Cc3ccc(Cl)cc3)CO2)=N1.Cl.Cl.Cn1ccc([C@H]2CN(C(=O)OC(C)(C)C)[C@@H](Cc3ccc(Cl)cc3)CO2)n1.Cn1nccc1[C@H]1CN(C(=O)OC(C)(C)C)[C@@H](Cc2ccc(Cl)cc2)CO1.Cn1nccc1[C@H]1CN[C@@H](Cc2ccc(Cl)cc2)CO1. The van der Waals surface area contributed by atoms with Gasteiger partial charge in [0.1, 0.15) is 41.3 Å². The molecule has 0 radical (unpaired) electrons. The molecule has 0 bridgehead atoms. The number of rotatable bonds is 12. The molecular weight excluding hydrogens is 1350 g/mol. The summed E-state index contributed by atoms with van der Waals surface area (Å²) in [4.78, 5) is 29.3. The van der Waals surface area contributed by atoms with Crippen molar-refractivity contribution in [3.63, 3.8) is 0 Å². The van der Waals surface area contributed by atoms with Crippen LogP contribution < -0.4 is 10.6 Å². The van der Waals surface area contributed by atoms with Crippen LogP contribution in [-0.2, 0) is 75.2 Å².